The molecule has 1 fully saturated rings. The molecule has 1 saturated carbocycles. The lowest BCUT2D eigenvalue weighted by atomic mass is 9.95. The minimum atomic E-state index is -0.382. The second-order valence-corrected chi connectivity index (χ2v) is 7.82. The quantitative estimate of drug-likeness (QED) is 0.731. The summed E-state index contributed by atoms with van der Waals surface area (Å²) in [5, 5.41) is 9.99. The van der Waals surface area contributed by atoms with Gasteiger partial charge >= 0.3 is 0 Å². The summed E-state index contributed by atoms with van der Waals surface area (Å²) in [6, 6.07) is 7.61. The molecule has 3 N–H and O–H groups in total. The summed E-state index contributed by atoms with van der Waals surface area (Å²) in [6.45, 7) is 4.20. The van der Waals surface area contributed by atoms with Gasteiger partial charge < -0.3 is 15.4 Å². The fourth-order valence-electron chi connectivity index (χ4n) is 4.71. The molecule has 1 heterocycles. The van der Waals surface area contributed by atoms with Crippen molar-refractivity contribution in [3.8, 4) is 16.9 Å². The lowest BCUT2D eigenvalue weighted by Gasteiger charge is -2.26. The molecule has 1 aliphatic rings. The lowest BCUT2D eigenvalue weighted by molar-refractivity contribution is 0.1000. The maximum absolute atomic E-state index is 12.4. The molecule has 146 valence electrons. The molecule has 0 bridgehead atoms. The minimum Gasteiger partial charge on any atom is -0.508 e. The third-order valence-corrected chi connectivity index (χ3v) is 5.86. The molecule has 0 atom stereocenters. The Morgan fingerprint density at radius 3 is 2.44 bits per heavy atom. The van der Waals surface area contributed by atoms with Crippen molar-refractivity contribution in [3.63, 3.8) is 0 Å². The van der Waals surface area contributed by atoms with Crippen molar-refractivity contribution in [2.45, 2.75) is 77.7 Å². The zero-order valence-corrected chi connectivity index (χ0v) is 16.6. The topological polar surface area (TPSA) is 68.2 Å². The van der Waals surface area contributed by atoms with Crippen molar-refractivity contribution >= 4 is 5.91 Å². The Morgan fingerprint density at radius 1 is 1.19 bits per heavy atom. The third-order valence-electron chi connectivity index (χ3n) is 5.86. The first kappa shape index (κ1) is 19.5. The van der Waals surface area contributed by atoms with Gasteiger partial charge in [0, 0.05) is 23.0 Å². The Labute approximate surface area is 162 Å². The van der Waals surface area contributed by atoms with Gasteiger partial charge in [0.1, 0.15) is 5.75 Å². The van der Waals surface area contributed by atoms with Crippen LogP contribution in [0.2, 0.25) is 0 Å². The smallest absolute Gasteiger partial charge is 0.251 e. The van der Waals surface area contributed by atoms with Gasteiger partial charge in [0.15, 0.2) is 0 Å². The molecule has 1 aliphatic carbocycles. The number of aromatic nitrogens is 1. The Balaban J connectivity index is 2.20. The number of hydrogen-bond donors (Lipinski definition) is 2. The molecule has 1 aromatic carbocycles. The van der Waals surface area contributed by atoms with Crippen LogP contribution in [-0.2, 0) is 6.42 Å². The number of nitrogens with two attached hydrogens (primary N) is 1. The number of carbonyl (C=O) groups excluding carboxylic acids is 1. The van der Waals surface area contributed by atoms with Crippen molar-refractivity contribution in [2.75, 3.05) is 0 Å². The monoisotopic (exact) mass is 368 g/mol. The SMILES string of the molecule is CCCc1c(-c2cccc(O)c2)c(C(N)=O)c(C)n1C1CCCCCCC1. The molecule has 0 spiro atoms. The van der Waals surface area contributed by atoms with E-state index in [1.807, 2.05) is 19.1 Å². The summed E-state index contributed by atoms with van der Waals surface area (Å²) < 4.78 is 2.41. The van der Waals surface area contributed by atoms with E-state index in [2.05, 4.69) is 11.5 Å². The van der Waals surface area contributed by atoms with E-state index in [1.165, 1.54) is 37.8 Å². The standard InChI is InChI=1S/C23H32N2O2/c1-3-10-20-22(17-11-9-14-19(26)15-17)21(23(24)27)16(2)25(20)18-12-7-5-4-6-8-13-18/h9,11,14-15,18,26H,3-8,10,12-13H2,1-2H3,(H2,24,27). The van der Waals surface area contributed by atoms with Crippen molar-refractivity contribution in [1.82, 2.24) is 4.57 Å². The van der Waals surface area contributed by atoms with Crippen LogP contribution in [-0.4, -0.2) is 15.6 Å². The number of aromatic hydroxyl groups is 1. The normalized spacial score (nSPS) is 16.1. The number of carbonyl (C=O) groups is 1. The van der Waals surface area contributed by atoms with Crippen LogP contribution in [0.1, 0.15) is 86.1 Å². The van der Waals surface area contributed by atoms with E-state index in [9.17, 15) is 9.90 Å². The minimum absolute atomic E-state index is 0.210. The predicted molar refractivity (Wildman–Crippen MR) is 110 cm³/mol. The van der Waals surface area contributed by atoms with E-state index in [-0.39, 0.29) is 11.7 Å². The van der Waals surface area contributed by atoms with Crippen LogP contribution in [0.15, 0.2) is 24.3 Å². The van der Waals surface area contributed by atoms with Gasteiger partial charge in [0.05, 0.1) is 5.56 Å². The van der Waals surface area contributed by atoms with Crippen LogP contribution in [0.25, 0.3) is 11.1 Å². The Bertz CT molecular complexity index is 799. The Hall–Kier alpha value is -2.23. The number of phenols is 1. The van der Waals surface area contributed by atoms with Gasteiger partial charge in [0.25, 0.3) is 5.91 Å². The Morgan fingerprint density at radius 2 is 1.85 bits per heavy atom. The average Bonchev–Trinajstić information content (AvgIpc) is 2.88. The van der Waals surface area contributed by atoms with Crippen LogP contribution < -0.4 is 5.73 Å². The molecule has 2 aromatic rings. The highest BCUT2D eigenvalue weighted by molar-refractivity contribution is 6.02. The van der Waals surface area contributed by atoms with Crippen molar-refractivity contribution in [2.24, 2.45) is 5.73 Å². The number of hydrogen-bond acceptors (Lipinski definition) is 2. The van der Waals surface area contributed by atoms with Crippen LogP contribution in [0, 0.1) is 6.92 Å². The molecule has 4 heteroatoms. The van der Waals surface area contributed by atoms with Gasteiger partial charge in [-0.15, -0.1) is 0 Å². The van der Waals surface area contributed by atoms with E-state index in [0.717, 1.165) is 42.5 Å². The highest BCUT2D eigenvalue weighted by atomic mass is 16.3. The maximum atomic E-state index is 12.4. The van der Waals surface area contributed by atoms with E-state index < -0.39 is 0 Å². The largest absolute Gasteiger partial charge is 0.508 e. The summed E-state index contributed by atoms with van der Waals surface area (Å²) in [6.07, 6.45) is 10.6. The average molecular weight is 369 g/mol. The second kappa shape index (κ2) is 8.64. The number of rotatable bonds is 5. The molecule has 4 nitrogen and oxygen atoms in total. The van der Waals surface area contributed by atoms with Crippen LogP contribution in [0.4, 0.5) is 0 Å². The van der Waals surface area contributed by atoms with Crippen molar-refractivity contribution < 1.29 is 9.90 Å². The van der Waals surface area contributed by atoms with Crippen LogP contribution in [0.3, 0.4) is 0 Å². The lowest BCUT2D eigenvalue weighted by Crippen LogP contribution is -2.17. The van der Waals surface area contributed by atoms with Gasteiger partial charge in [-0.05, 0) is 43.9 Å². The molecule has 1 amide bonds. The fraction of sp³-hybridized carbons (Fsp3) is 0.522. The first-order valence-electron chi connectivity index (χ1n) is 10.4. The molecular weight excluding hydrogens is 336 g/mol. The van der Waals surface area contributed by atoms with Crippen molar-refractivity contribution in [3.05, 3.63) is 41.2 Å². The highest BCUT2D eigenvalue weighted by Crippen LogP contribution is 2.39. The number of amides is 1. The predicted octanol–water partition coefficient (Wildman–Crippen LogP) is 5.51. The van der Waals surface area contributed by atoms with Gasteiger partial charge in [-0.3, -0.25) is 4.79 Å². The summed E-state index contributed by atoms with van der Waals surface area (Å²) in [5.74, 6) is -0.172. The van der Waals surface area contributed by atoms with Crippen LogP contribution >= 0.6 is 0 Å². The van der Waals surface area contributed by atoms with E-state index in [4.69, 9.17) is 5.73 Å². The molecule has 0 saturated heterocycles. The third kappa shape index (κ3) is 4.05. The molecule has 0 unspecified atom stereocenters. The number of phenolic OH excluding ortho intramolecular Hbond substituents is 1. The van der Waals surface area contributed by atoms with Gasteiger partial charge in [-0.25, -0.2) is 0 Å². The van der Waals surface area contributed by atoms with E-state index >= 15 is 0 Å². The molecule has 0 aliphatic heterocycles. The van der Waals surface area contributed by atoms with Crippen molar-refractivity contribution in [1.29, 1.82) is 0 Å². The molecule has 3 rings (SSSR count). The summed E-state index contributed by atoms with van der Waals surface area (Å²) in [7, 11) is 0. The fourth-order valence-corrected chi connectivity index (χ4v) is 4.71. The summed E-state index contributed by atoms with van der Waals surface area (Å²) >= 11 is 0. The molecule has 27 heavy (non-hydrogen) atoms. The first-order valence-corrected chi connectivity index (χ1v) is 10.4. The van der Waals surface area contributed by atoms with Gasteiger partial charge in [0.2, 0.25) is 0 Å². The van der Waals surface area contributed by atoms with Gasteiger partial charge in [-0.1, -0.05) is 57.6 Å². The molecule has 0 radical (unpaired) electrons. The zero-order valence-electron chi connectivity index (χ0n) is 16.6. The van der Waals surface area contributed by atoms with Gasteiger partial charge in [-0.2, -0.15) is 0 Å². The highest BCUT2D eigenvalue weighted by Gasteiger charge is 2.28. The first-order chi connectivity index (χ1) is 13.0. The molecular formula is C23H32N2O2. The number of nitrogens with zero attached hydrogens (tertiary/aromatic N) is 1. The van der Waals surface area contributed by atoms with E-state index in [0.29, 0.717) is 11.6 Å². The second-order valence-electron chi connectivity index (χ2n) is 7.82. The summed E-state index contributed by atoms with van der Waals surface area (Å²) in [4.78, 5) is 12.4. The Kier molecular flexibility index (Phi) is 6.25. The number of primary amides is 1. The maximum Gasteiger partial charge on any atom is 0.251 e. The van der Waals surface area contributed by atoms with Crippen LogP contribution in [0.5, 0.6) is 5.75 Å². The zero-order chi connectivity index (χ0) is 19.4. The summed E-state index contributed by atoms with van der Waals surface area (Å²) in [5.41, 5.74) is 10.4. The van der Waals surface area contributed by atoms with E-state index in [1.54, 1.807) is 12.1 Å². The molecule has 1 aromatic heterocycles. The number of benzene rings is 1.